The van der Waals surface area contributed by atoms with Crippen molar-refractivity contribution in [1.82, 2.24) is 0 Å². The number of nitrogens with two attached hydrogens (primary N) is 1. The number of amides is 1. The average molecular weight is 464 g/mol. The second-order valence-electron chi connectivity index (χ2n) is 7.25. The van der Waals surface area contributed by atoms with Gasteiger partial charge < -0.3 is 35.3 Å². The third-order valence-electron chi connectivity index (χ3n) is 5.10. The highest BCUT2D eigenvalue weighted by Crippen LogP contribution is 2.40. The molecule has 0 saturated heterocycles. The molecule has 0 fully saturated rings. The molecule has 0 heterocycles. The molecule has 4 N–H and O–H groups in total. The van der Waals surface area contributed by atoms with E-state index < -0.39 is 0 Å². The highest BCUT2D eigenvalue weighted by molar-refractivity contribution is 6.03. The monoisotopic (exact) mass is 463 g/mol. The largest absolute Gasteiger partial charge is 0.496 e. The number of anilines is 3. The van der Waals surface area contributed by atoms with Crippen molar-refractivity contribution in [1.29, 1.82) is 0 Å². The standard InChI is InChI=1S/C26H29N3O5/c1-31-22-13-17(10-12-25(30)29-21-8-6-5-7-20(21)27)9-11-18(22)16-28-19-14-23(32-2)26(34-4)24(15-19)33-3/h5-15,28H,16,27H2,1-4H3,(H,29,30). The number of rotatable bonds is 10. The summed E-state index contributed by atoms with van der Waals surface area (Å²) in [6.45, 7) is 0.500. The Morgan fingerprint density at radius 3 is 2.18 bits per heavy atom. The second-order valence-corrected chi connectivity index (χ2v) is 7.25. The fourth-order valence-corrected chi connectivity index (χ4v) is 3.35. The Hall–Kier alpha value is -4.33. The van der Waals surface area contributed by atoms with Gasteiger partial charge in [0.05, 0.1) is 39.8 Å². The van der Waals surface area contributed by atoms with Crippen LogP contribution in [0.3, 0.4) is 0 Å². The molecule has 0 saturated carbocycles. The molecule has 8 nitrogen and oxygen atoms in total. The molecular formula is C26H29N3O5. The smallest absolute Gasteiger partial charge is 0.248 e. The molecule has 8 heteroatoms. The van der Waals surface area contributed by atoms with Gasteiger partial charge in [-0.1, -0.05) is 24.3 Å². The van der Waals surface area contributed by atoms with E-state index >= 15 is 0 Å². The molecule has 3 aromatic carbocycles. The molecule has 178 valence electrons. The van der Waals surface area contributed by atoms with E-state index in [4.69, 9.17) is 24.7 Å². The molecule has 0 aromatic heterocycles. The number of hydrogen-bond donors (Lipinski definition) is 3. The Balaban J connectivity index is 1.70. The second kappa shape index (κ2) is 11.5. The maximum atomic E-state index is 12.2. The lowest BCUT2D eigenvalue weighted by Crippen LogP contribution is -2.09. The van der Waals surface area contributed by atoms with Crippen LogP contribution in [0.4, 0.5) is 17.1 Å². The van der Waals surface area contributed by atoms with Crippen molar-refractivity contribution < 1.29 is 23.7 Å². The number of ether oxygens (including phenoxy) is 4. The highest BCUT2D eigenvalue weighted by atomic mass is 16.5. The van der Waals surface area contributed by atoms with Gasteiger partial charge in [0.1, 0.15) is 5.75 Å². The number of para-hydroxylation sites is 2. The van der Waals surface area contributed by atoms with Crippen molar-refractivity contribution in [3.05, 3.63) is 71.8 Å². The van der Waals surface area contributed by atoms with E-state index in [0.29, 0.717) is 40.9 Å². The van der Waals surface area contributed by atoms with Crippen LogP contribution in [0.15, 0.2) is 60.7 Å². The topological polar surface area (TPSA) is 104 Å². The molecule has 0 spiro atoms. The van der Waals surface area contributed by atoms with Crippen LogP contribution in [-0.2, 0) is 11.3 Å². The van der Waals surface area contributed by atoms with Crippen LogP contribution < -0.4 is 35.3 Å². The minimum Gasteiger partial charge on any atom is -0.496 e. The van der Waals surface area contributed by atoms with Crippen molar-refractivity contribution >= 4 is 29.0 Å². The first kappa shape index (κ1) is 24.3. The minimum atomic E-state index is -0.273. The van der Waals surface area contributed by atoms with E-state index in [-0.39, 0.29) is 5.91 Å². The Kier molecular flexibility index (Phi) is 8.23. The van der Waals surface area contributed by atoms with E-state index in [1.807, 2.05) is 42.5 Å². The van der Waals surface area contributed by atoms with Crippen LogP contribution in [-0.4, -0.2) is 34.3 Å². The first-order chi connectivity index (χ1) is 16.5. The van der Waals surface area contributed by atoms with E-state index in [1.54, 1.807) is 46.6 Å². The first-order valence-corrected chi connectivity index (χ1v) is 10.5. The molecule has 0 aliphatic heterocycles. The number of nitrogen functional groups attached to an aromatic ring is 1. The van der Waals surface area contributed by atoms with Crippen LogP contribution in [0.25, 0.3) is 6.08 Å². The van der Waals surface area contributed by atoms with Crippen LogP contribution >= 0.6 is 0 Å². The number of methoxy groups -OCH3 is 4. The van der Waals surface area contributed by atoms with Crippen molar-refractivity contribution in [2.45, 2.75) is 6.54 Å². The lowest BCUT2D eigenvalue weighted by atomic mass is 10.1. The zero-order chi connectivity index (χ0) is 24.5. The summed E-state index contributed by atoms with van der Waals surface area (Å²) in [5, 5.41) is 6.11. The summed E-state index contributed by atoms with van der Waals surface area (Å²) < 4.78 is 21.7. The predicted molar refractivity (Wildman–Crippen MR) is 135 cm³/mol. The summed E-state index contributed by atoms with van der Waals surface area (Å²) >= 11 is 0. The Morgan fingerprint density at radius 2 is 1.56 bits per heavy atom. The molecule has 1 amide bonds. The maximum Gasteiger partial charge on any atom is 0.248 e. The van der Waals surface area contributed by atoms with Gasteiger partial charge >= 0.3 is 0 Å². The molecule has 3 aromatic rings. The number of benzene rings is 3. The van der Waals surface area contributed by atoms with E-state index in [1.165, 1.54) is 6.08 Å². The normalized spacial score (nSPS) is 10.6. The van der Waals surface area contributed by atoms with Gasteiger partial charge in [0.25, 0.3) is 0 Å². The Morgan fingerprint density at radius 1 is 0.882 bits per heavy atom. The quantitative estimate of drug-likeness (QED) is 0.299. The van der Waals surface area contributed by atoms with Gasteiger partial charge in [-0.05, 0) is 29.8 Å². The molecule has 0 bridgehead atoms. The first-order valence-electron chi connectivity index (χ1n) is 10.5. The molecule has 0 atom stereocenters. The molecule has 0 aliphatic carbocycles. The Labute approximate surface area is 199 Å². The van der Waals surface area contributed by atoms with Gasteiger partial charge in [-0.2, -0.15) is 0 Å². The molecule has 0 aliphatic rings. The van der Waals surface area contributed by atoms with E-state index in [9.17, 15) is 4.79 Å². The van der Waals surface area contributed by atoms with Crippen LogP contribution in [0.5, 0.6) is 23.0 Å². The highest BCUT2D eigenvalue weighted by Gasteiger charge is 2.13. The molecular weight excluding hydrogens is 434 g/mol. The molecule has 3 rings (SSSR count). The summed E-state index contributed by atoms with van der Waals surface area (Å²) in [4.78, 5) is 12.2. The van der Waals surface area contributed by atoms with Crippen molar-refractivity contribution in [3.8, 4) is 23.0 Å². The third-order valence-corrected chi connectivity index (χ3v) is 5.10. The van der Waals surface area contributed by atoms with Crippen LogP contribution in [0, 0.1) is 0 Å². The van der Waals surface area contributed by atoms with Crippen molar-refractivity contribution in [2.75, 3.05) is 44.8 Å². The number of hydrogen-bond acceptors (Lipinski definition) is 7. The van der Waals surface area contributed by atoms with E-state index in [2.05, 4.69) is 10.6 Å². The third kappa shape index (κ3) is 5.92. The lowest BCUT2D eigenvalue weighted by molar-refractivity contribution is -0.111. The summed E-state index contributed by atoms with van der Waals surface area (Å²) in [5.41, 5.74) is 9.51. The van der Waals surface area contributed by atoms with E-state index in [0.717, 1.165) is 16.8 Å². The number of carbonyl (C=O) groups is 1. The Bertz CT molecular complexity index is 1150. The average Bonchev–Trinajstić information content (AvgIpc) is 2.86. The summed E-state index contributed by atoms with van der Waals surface area (Å²) in [6, 6.07) is 16.5. The molecule has 0 radical (unpaired) electrons. The van der Waals surface area contributed by atoms with Gasteiger partial charge in [-0.25, -0.2) is 0 Å². The lowest BCUT2D eigenvalue weighted by Gasteiger charge is -2.16. The van der Waals surface area contributed by atoms with Crippen molar-refractivity contribution in [2.24, 2.45) is 0 Å². The molecule has 34 heavy (non-hydrogen) atoms. The zero-order valence-corrected chi connectivity index (χ0v) is 19.7. The maximum absolute atomic E-state index is 12.2. The summed E-state index contributed by atoms with van der Waals surface area (Å²) in [7, 11) is 6.32. The van der Waals surface area contributed by atoms with Gasteiger partial charge in [0.15, 0.2) is 11.5 Å². The predicted octanol–water partition coefficient (Wildman–Crippen LogP) is 4.57. The number of nitrogens with one attached hydrogen (secondary N) is 2. The summed E-state index contributed by atoms with van der Waals surface area (Å²) in [5.74, 6) is 2.07. The fourth-order valence-electron chi connectivity index (χ4n) is 3.35. The van der Waals surface area contributed by atoms with Crippen molar-refractivity contribution in [3.63, 3.8) is 0 Å². The zero-order valence-electron chi connectivity index (χ0n) is 19.7. The van der Waals surface area contributed by atoms with Gasteiger partial charge in [-0.3, -0.25) is 4.79 Å². The number of carbonyl (C=O) groups excluding carboxylic acids is 1. The van der Waals surface area contributed by atoms with Crippen LogP contribution in [0.1, 0.15) is 11.1 Å². The van der Waals surface area contributed by atoms with Crippen LogP contribution in [0.2, 0.25) is 0 Å². The van der Waals surface area contributed by atoms with Gasteiger partial charge in [0, 0.05) is 36.0 Å². The fraction of sp³-hybridized carbons (Fsp3) is 0.192. The summed E-state index contributed by atoms with van der Waals surface area (Å²) in [6.07, 6.45) is 3.17. The SMILES string of the molecule is COc1cc(C=CC(=O)Nc2ccccc2N)ccc1CNc1cc(OC)c(OC)c(OC)c1. The minimum absolute atomic E-state index is 0.273. The van der Waals surface area contributed by atoms with Gasteiger partial charge in [-0.15, -0.1) is 0 Å². The molecule has 0 unspecified atom stereocenters. The van der Waals surface area contributed by atoms with Gasteiger partial charge in [0.2, 0.25) is 11.7 Å².